The smallest absolute Gasteiger partial charge is 0.340 e. The fourth-order valence-corrected chi connectivity index (χ4v) is 2.43. The monoisotopic (exact) mass is 386 g/mol. The van der Waals surface area contributed by atoms with E-state index in [-0.39, 0.29) is 28.4 Å². The zero-order chi connectivity index (χ0) is 17.7. The van der Waals surface area contributed by atoms with Crippen LogP contribution in [-0.2, 0) is 4.74 Å². The molecule has 2 aromatic carbocycles. The Balaban J connectivity index is 1.94. The lowest BCUT2D eigenvalue weighted by atomic mass is 10.1. The summed E-state index contributed by atoms with van der Waals surface area (Å²) in [4.78, 5) is 23.5. The summed E-state index contributed by atoms with van der Waals surface area (Å²) in [6.07, 6.45) is 0.405. The van der Waals surface area contributed by atoms with Gasteiger partial charge in [-0.1, -0.05) is 53.9 Å². The number of hydrogen-bond acceptors (Lipinski definition) is 4. The Morgan fingerprint density at radius 3 is 2.12 bits per heavy atom. The lowest BCUT2D eigenvalue weighted by Gasteiger charge is -2.10. The standard InChI is InChI=1S/C17H13Cl3O4/c1-2-15(21)10-3-5-11(6-4-10)17(22)24-9-23-16-8-13(19)12(18)7-14(16)20/h3-8H,2,9H2,1H3. The normalized spacial score (nSPS) is 10.3. The second-order valence-corrected chi connectivity index (χ2v) is 5.97. The second kappa shape index (κ2) is 8.38. The molecule has 0 radical (unpaired) electrons. The van der Waals surface area contributed by atoms with E-state index < -0.39 is 5.97 Å². The topological polar surface area (TPSA) is 52.6 Å². The molecule has 0 heterocycles. The SMILES string of the molecule is CCC(=O)c1ccc(C(=O)OCOc2cc(Cl)c(Cl)cc2Cl)cc1. The van der Waals surface area contributed by atoms with Crippen molar-refractivity contribution in [3.05, 3.63) is 62.6 Å². The predicted molar refractivity (Wildman–Crippen MR) is 93.4 cm³/mol. The van der Waals surface area contributed by atoms with Crippen molar-refractivity contribution in [3.63, 3.8) is 0 Å². The Morgan fingerprint density at radius 1 is 0.917 bits per heavy atom. The Morgan fingerprint density at radius 2 is 1.50 bits per heavy atom. The highest BCUT2D eigenvalue weighted by Crippen LogP contribution is 2.33. The highest BCUT2D eigenvalue weighted by molar-refractivity contribution is 6.43. The van der Waals surface area contributed by atoms with Crippen LogP contribution in [-0.4, -0.2) is 18.5 Å². The maximum Gasteiger partial charge on any atom is 0.340 e. The minimum absolute atomic E-state index is 0.00695. The van der Waals surface area contributed by atoms with Gasteiger partial charge in [-0.2, -0.15) is 0 Å². The number of carbonyl (C=O) groups is 2. The first kappa shape index (κ1) is 18.6. The number of rotatable bonds is 6. The van der Waals surface area contributed by atoms with Crippen molar-refractivity contribution in [2.75, 3.05) is 6.79 Å². The molecule has 0 fully saturated rings. The number of esters is 1. The summed E-state index contributed by atoms with van der Waals surface area (Å²) < 4.78 is 10.3. The molecule has 2 aromatic rings. The van der Waals surface area contributed by atoms with Crippen molar-refractivity contribution in [1.29, 1.82) is 0 Å². The summed E-state index contributed by atoms with van der Waals surface area (Å²) in [6.45, 7) is 1.43. The number of benzene rings is 2. The molecule has 0 bridgehead atoms. The summed E-state index contributed by atoms with van der Waals surface area (Å²) in [5.41, 5.74) is 0.861. The molecule has 0 aliphatic carbocycles. The molecule has 0 saturated heterocycles. The Hall–Kier alpha value is -1.75. The molecule has 126 valence electrons. The van der Waals surface area contributed by atoms with Crippen LogP contribution in [0.15, 0.2) is 36.4 Å². The minimum atomic E-state index is -0.582. The van der Waals surface area contributed by atoms with Crippen LogP contribution in [0.3, 0.4) is 0 Å². The Bertz CT molecular complexity index is 757. The van der Waals surface area contributed by atoms with Gasteiger partial charge in [-0.3, -0.25) is 4.79 Å². The maximum absolute atomic E-state index is 11.9. The number of carbonyl (C=O) groups excluding carboxylic acids is 2. The van der Waals surface area contributed by atoms with Crippen LogP contribution in [0.2, 0.25) is 15.1 Å². The summed E-state index contributed by atoms with van der Waals surface area (Å²) in [6, 6.07) is 9.09. The average molecular weight is 388 g/mol. The zero-order valence-corrected chi connectivity index (χ0v) is 14.9. The van der Waals surface area contributed by atoms with Crippen LogP contribution in [0.5, 0.6) is 5.75 Å². The zero-order valence-electron chi connectivity index (χ0n) is 12.6. The van der Waals surface area contributed by atoms with Crippen LogP contribution in [0.25, 0.3) is 0 Å². The molecular formula is C17H13Cl3O4. The van der Waals surface area contributed by atoms with Crippen molar-refractivity contribution in [2.24, 2.45) is 0 Å². The predicted octanol–water partition coefficient (Wildman–Crippen LogP) is 5.43. The fourth-order valence-electron chi connectivity index (χ4n) is 1.84. The maximum atomic E-state index is 11.9. The summed E-state index contributed by atoms with van der Waals surface area (Å²) in [5, 5.41) is 0.828. The third kappa shape index (κ3) is 4.63. The summed E-state index contributed by atoms with van der Waals surface area (Å²) in [7, 11) is 0. The first-order chi connectivity index (χ1) is 11.4. The van der Waals surface area contributed by atoms with E-state index in [0.717, 1.165) is 0 Å². The number of Topliss-reactive ketones (excluding diaryl/α,β-unsaturated/α-hetero) is 1. The second-order valence-electron chi connectivity index (χ2n) is 4.74. The van der Waals surface area contributed by atoms with Gasteiger partial charge in [0.2, 0.25) is 6.79 Å². The third-order valence-corrected chi connectivity index (χ3v) is 4.16. The molecule has 0 saturated carbocycles. The van der Waals surface area contributed by atoms with E-state index in [4.69, 9.17) is 44.3 Å². The van der Waals surface area contributed by atoms with E-state index in [1.54, 1.807) is 19.1 Å². The van der Waals surface area contributed by atoms with Crippen LogP contribution >= 0.6 is 34.8 Å². The van der Waals surface area contributed by atoms with Gasteiger partial charge in [0.1, 0.15) is 5.75 Å². The van der Waals surface area contributed by atoms with E-state index in [2.05, 4.69) is 0 Å². The molecule has 7 heteroatoms. The van der Waals surface area contributed by atoms with Gasteiger partial charge in [-0.15, -0.1) is 0 Å². The molecule has 0 amide bonds. The van der Waals surface area contributed by atoms with E-state index in [0.29, 0.717) is 22.6 Å². The highest BCUT2D eigenvalue weighted by Gasteiger charge is 2.11. The molecule has 4 nitrogen and oxygen atoms in total. The summed E-state index contributed by atoms with van der Waals surface area (Å²) in [5.74, 6) is -0.322. The highest BCUT2D eigenvalue weighted by atomic mass is 35.5. The molecule has 24 heavy (non-hydrogen) atoms. The number of hydrogen-bond donors (Lipinski definition) is 0. The Kier molecular flexibility index (Phi) is 6.49. The van der Waals surface area contributed by atoms with E-state index in [1.807, 2.05) is 0 Å². The molecule has 0 atom stereocenters. The minimum Gasteiger partial charge on any atom is -0.456 e. The van der Waals surface area contributed by atoms with Gasteiger partial charge < -0.3 is 9.47 Å². The van der Waals surface area contributed by atoms with Crippen molar-refractivity contribution in [3.8, 4) is 5.75 Å². The van der Waals surface area contributed by atoms with E-state index >= 15 is 0 Å². The van der Waals surface area contributed by atoms with Gasteiger partial charge in [-0.25, -0.2) is 4.79 Å². The quantitative estimate of drug-likeness (QED) is 0.287. The molecule has 0 spiro atoms. The molecular weight excluding hydrogens is 375 g/mol. The van der Waals surface area contributed by atoms with Gasteiger partial charge in [0.15, 0.2) is 5.78 Å². The number of halogens is 3. The van der Waals surface area contributed by atoms with Gasteiger partial charge in [0.05, 0.1) is 20.6 Å². The molecule has 0 aromatic heterocycles. The fraction of sp³-hybridized carbons (Fsp3) is 0.176. The lowest BCUT2D eigenvalue weighted by Crippen LogP contribution is -2.11. The van der Waals surface area contributed by atoms with Crippen molar-refractivity contribution < 1.29 is 19.1 Å². The molecule has 0 aliphatic heterocycles. The van der Waals surface area contributed by atoms with Crippen LogP contribution in [0, 0.1) is 0 Å². The summed E-state index contributed by atoms with van der Waals surface area (Å²) >= 11 is 17.6. The van der Waals surface area contributed by atoms with E-state index in [1.165, 1.54) is 24.3 Å². The molecule has 0 N–H and O–H groups in total. The largest absolute Gasteiger partial charge is 0.456 e. The first-order valence-electron chi connectivity index (χ1n) is 7.00. The van der Waals surface area contributed by atoms with E-state index in [9.17, 15) is 9.59 Å². The van der Waals surface area contributed by atoms with Crippen LogP contribution in [0.4, 0.5) is 0 Å². The van der Waals surface area contributed by atoms with Crippen LogP contribution in [0.1, 0.15) is 34.1 Å². The number of ether oxygens (including phenoxy) is 2. The van der Waals surface area contributed by atoms with Gasteiger partial charge in [0.25, 0.3) is 0 Å². The van der Waals surface area contributed by atoms with Gasteiger partial charge in [0, 0.05) is 18.1 Å². The molecule has 2 rings (SSSR count). The third-order valence-electron chi connectivity index (χ3n) is 3.14. The van der Waals surface area contributed by atoms with Crippen molar-refractivity contribution >= 4 is 46.6 Å². The first-order valence-corrected chi connectivity index (χ1v) is 8.13. The molecule has 0 aliphatic rings. The lowest BCUT2D eigenvalue weighted by molar-refractivity contribution is 0.0154. The van der Waals surface area contributed by atoms with Crippen molar-refractivity contribution in [1.82, 2.24) is 0 Å². The average Bonchev–Trinajstić information content (AvgIpc) is 2.58. The number of ketones is 1. The van der Waals surface area contributed by atoms with Gasteiger partial charge >= 0.3 is 5.97 Å². The van der Waals surface area contributed by atoms with Gasteiger partial charge in [-0.05, 0) is 18.2 Å². The molecule has 0 unspecified atom stereocenters. The van der Waals surface area contributed by atoms with Crippen LogP contribution < -0.4 is 4.74 Å². The van der Waals surface area contributed by atoms with Crippen molar-refractivity contribution in [2.45, 2.75) is 13.3 Å². The Labute approximate surface area is 154 Å².